The van der Waals surface area contributed by atoms with Gasteiger partial charge in [0.2, 0.25) is 11.9 Å². The van der Waals surface area contributed by atoms with Crippen LogP contribution in [0.25, 0.3) is 0 Å². The standard InChI is InChI=1S/C19H17N9O/c20-8-12-15(22)14-16(25-19(24-9-21)27-18(14)26-17(12)23)10-3-5-11(6-4-10)28-7-1-2-13(28)29/h3-6,16H,1-2,7H2,(H6,22,23,24,25,26,27). The smallest absolute Gasteiger partial charge is 0.227 e. The number of aromatic nitrogens is 1. The minimum Gasteiger partial charge on any atom is -0.397 e. The number of fused-ring (bicyclic) bond motifs is 1. The van der Waals surface area contributed by atoms with Crippen LogP contribution in [0.2, 0.25) is 0 Å². The first-order valence-corrected chi connectivity index (χ1v) is 8.92. The van der Waals surface area contributed by atoms with E-state index >= 15 is 0 Å². The van der Waals surface area contributed by atoms with Crippen LogP contribution in [0.1, 0.15) is 35.6 Å². The van der Waals surface area contributed by atoms with Crippen molar-refractivity contribution in [1.82, 2.24) is 10.3 Å². The second-order valence-electron chi connectivity index (χ2n) is 6.64. The van der Waals surface area contributed by atoms with Crippen molar-refractivity contribution in [3.8, 4) is 12.3 Å². The lowest BCUT2D eigenvalue weighted by Gasteiger charge is -2.26. The van der Waals surface area contributed by atoms with Crippen molar-refractivity contribution >= 4 is 34.9 Å². The van der Waals surface area contributed by atoms with Crippen molar-refractivity contribution in [3.05, 3.63) is 41.0 Å². The highest BCUT2D eigenvalue weighted by Gasteiger charge is 2.30. The van der Waals surface area contributed by atoms with Gasteiger partial charge in [-0.25, -0.2) is 9.98 Å². The number of pyridine rings is 1. The maximum atomic E-state index is 12.0. The fourth-order valence-corrected chi connectivity index (χ4v) is 3.58. The summed E-state index contributed by atoms with van der Waals surface area (Å²) in [6.07, 6.45) is 3.21. The highest BCUT2D eigenvalue weighted by atomic mass is 16.2. The average molecular weight is 387 g/mol. The molecule has 1 unspecified atom stereocenters. The Kier molecular flexibility index (Phi) is 4.37. The Labute approximate surface area is 166 Å². The number of nitriles is 2. The molecule has 1 atom stereocenters. The summed E-state index contributed by atoms with van der Waals surface area (Å²) in [4.78, 5) is 22.5. The first kappa shape index (κ1) is 18.1. The summed E-state index contributed by atoms with van der Waals surface area (Å²) >= 11 is 0. The summed E-state index contributed by atoms with van der Waals surface area (Å²) in [5.41, 5.74) is 14.4. The maximum Gasteiger partial charge on any atom is 0.227 e. The third-order valence-corrected chi connectivity index (χ3v) is 4.95. The van der Waals surface area contributed by atoms with Crippen LogP contribution in [0.3, 0.4) is 0 Å². The zero-order valence-electron chi connectivity index (χ0n) is 15.3. The lowest BCUT2D eigenvalue weighted by atomic mass is 9.95. The molecule has 1 amide bonds. The van der Waals surface area contributed by atoms with Gasteiger partial charge in [-0.3, -0.25) is 10.1 Å². The summed E-state index contributed by atoms with van der Waals surface area (Å²) in [7, 11) is 0. The Morgan fingerprint density at radius 3 is 2.62 bits per heavy atom. The van der Waals surface area contributed by atoms with E-state index in [0.717, 1.165) is 17.7 Å². The number of anilines is 4. The highest BCUT2D eigenvalue weighted by Crippen LogP contribution is 2.40. The number of nitrogens with two attached hydrogens (primary N) is 2. The molecule has 0 saturated carbocycles. The second-order valence-corrected chi connectivity index (χ2v) is 6.64. The van der Waals surface area contributed by atoms with Gasteiger partial charge < -0.3 is 21.7 Å². The van der Waals surface area contributed by atoms with Crippen LogP contribution >= 0.6 is 0 Å². The predicted octanol–water partition coefficient (Wildman–Crippen LogP) is 1.19. The summed E-state index contributed by atoms with van der Waals surface area (Å²) < 4.78 is 0. The molecule has 144 valence electrons. The average Bonchev–Trinajstić information content (AvgIpc) is 3.14. The van der Waals surface area contributed by atoms with Crippen molar-refractivity contribution in [2.45, 2.75) is 18.9 Å². The van der Waals surface area contributed by atoms with Crippen molar-refractivity contribution in [3.63, 3.8) is 0 Å². The van der Waals surface area contributed by atoms with E-state index in [2.05, 4.69) is 20.6 Å². The number of guanidine groups is 1. The topological polar surface area (TPSA) is 169 Å². The Hall–Kier alpha value is -4.31. The molecule has 29 heavy (non-hydrogen) atoms. The van der Waals surface area contributed by atoms with Gasteiger partial charge in [0.1, 0.15) is 29.3 Å². The number of nitrogens with zero attached hydrogens (tertiary/aromatic N) is 5. The van der Waals surface area contributed by atoms with Crippen LogP contribution in [0, 0.1) is 22.8 Å². The third-order valence-electron chi connectivity index (χ3n) is 4.95. The predicted molar refractivity (Wildman–Crippen MR) is 107 cm³/mol. The van der Waals surface area contributed by atoms with Crippen molar-refractivity contribution in [2.24, 2.45) is 4.99 Å². The normalized spacial score (nSPS) is 17.6. The van der Waals surface area contributed by atoms with E-state index in [-0.39, 0.29) is 28.9 Å². The Bertz CT molecular complexity index is 1110. The van der Waals surface area contributed by atoms with E-state index in [4.69, 9.17) is 16.7 Å². The fraction of sp³-hybridized carbons (Fsp3) is 0.211. The van der Waals surface area contributed by atoms with Gasteiger partial charge in [-0.05, 0) is 24.1 Å². The van der Waals surface area contributed by atoms with Crippen molar-refractivity contribution in [2.75, 3.05) is 28.2 Å². The van der Waals surface area contributed by atoms with Crippen LogP contribution in [0.5, 0.6) is 0 Å². The molecule has 3 heterocycles. The van der Waals surface area contributed by atoms with E-state index in [1.54, 1.807) is 4.90 Å². The van der Waals surface area contributed by atoms with Gasteiger partial charge in [0.15, 0.2) is 6.19 Å². The molecular formula is C19H17N9O. The van der Waals surface area contributed by atoms with Crippen LogP contribution in [-0.4, -0.2) is 23.4 Å². The van der Waals surface area contributed by atoms with Crippen LogP contribution in [0.4, 0.5) is 23.0 Å². The number of benzene rings is 1. The van der Waals surface area contributed by atoms with Gasteiger partial charge in [-0.15, -0.1) is 0 Å². The Morgan fingerprint density at radius 2 is 2.00 bits per heavy atom. The molecule has 2 aromatic rings. The molecule has 6 N–H and O–H groups in total. The molecule has 1 aromatic heterocycles. The Morgan fingerprint density at radius 1 is 1.24 bits per heavy atom. The van der Waals surface area contributed by atoms with Crippen LogP contribution < -0.4 is 27.0 Å². The maximum absolute atomic E-state index is 12.0. The fourth-order valence-electron chi connectivity index (χ4n) is 3.58. The third kappa shape index (κ3) is 3.03. The van der Waals surface area contributed by atoms with Crippen LogP contribution in [-0.2, 0) is 4.79 Å². The summed E-state index contributed by atoms with van der Waals surface area (Å²) in [6, 6.07) is 8.75. The van der Waals surface area contributed by atoms with Gasteiger partial charge in [-0.1, -0.05) is 12.1 Å². The second kappa shape index (κ2) is 7.02. The molecule has 10 heteroatoms. The molecule has 0 spiro atoms. The van der Waals surface area contributed by atoms with E-state index in [1.807, 2.05) is 36.5 Å². The molecule has 2 aliphatic heterocycles. The lowest BCUT2D eigenvalue weighted by Crippen LogP contribution is -2.32. The number of nitrogens with one attached hydrogen (secondary N) is 2. The summed E-state index contributed by atoms with van der Waals surface area (Å²) in [5.74, 6) is 0.623. The number of hydrogen-bond acceptors (Lipinski definition) is 9. The summed E-state index contributed by atoms with van der Waals surface area (Å²) in [6.45, 7) is 0.699. The number of aliphatic imine (C=N–C) groups is 1. The lowest BCUT2D eigenvalue weighted by molar-refractivity contribution is -0.117. The largest absolute Gasteiger partial charge is 0.397 e. The summed E-state index contributed by atoms with van der Waals surface area (Å²) in [5, 5.41) is 23.7. The zero-order chi connectivity index (χ0) is 20.5. The zero-order valence-corrected chi connectivity index (χ0v) is 15.3. The van der Waals surface area contributed by atoms with Gasteiger partial charge in [0.05, 0.1) is 5.69 Å². The highest BCUT2D eigenvalue weighted by molar-refractivity contribution is 5.98. The first-order chi connectivity index (χ1) is 14.0. The van der Waals surface area contributed by atoms with Gasteiger partial charge in [0.25, 0.3) is 0 Å². The van der Waals surface area contributed by atoms with E-state index in [1.165, 1.54) is 0 Å². The van der Waals surface area contributed by atoms with Crippen molar-refractivity contribution < 1.29 is 4.79 Å². The van der Waals surface area contributed by atoms with Gasteiger partial charge in [-0.2, -0.15) is 10.5 Å². The van der Waals surface area contributed by atoms with Crippen LogP contribution in [0.15, 0.2) is 29.3 Å². The quantitative estimate of drug-likeness (QED) is 0.440. The van der Waals surface area contributed by atoms with E-state index < -0.39 is 6.04 Å². The monoisotopic (exact) mass is 387 g/mol. The van der Waals surface area contributed by atoms with Gasteiger partial charge >= 0.3 is 0 Å². The molecule has 2 aliphatic rings. The molecule has 1 fully saturated rings. The number of carbonyl (C=O) groups is 1. The minimum atomic E-state index is -0.606. The first-order valence-electron chi connectivity index (χ1n) is 8.92. The SMILES string of the molecule is N#CNC1=NC(c2ccc(N3CCCC3=O)cc2)c2c(nc(N)c(C#N)c2N)N1. The molecule has 0 bridgehead atoms. The van der Waals surface area contributed by atoms with E-state index in [9.17, 15) is 10.1 Å². The number of carbonyl (C=O) groups excluding carboxylic acids is 1. The molecule has 4 rings (SSSR count). The molecule has 0 radical (unpaired) electrons. The van der Waals surface area contributed by atoms with Crippen molar-refractivity contribution in [1.29, 1.82) is 10.5 Å². The Balaban J connectivity index is 1.79. The number of amides is 1. The molecule has 0 aliphatic carbocycles. The molecular weight excluding hydrogens is 370 g/mol. The van der Waals surface area contributed by atoms with E-state index in [0.29, 0.717) is 24.3 Å². The number of rotatable bonds is 2. The molecule has 1 aromatic carbocycles. The number of nitrogen functional groups attached to an aromatic ring is 2. The molecule has 10 nitrogen and oxygen atoms in total. The molecule has 1 saturated heterocycles. The van der Waals surface area contributed by atoms with Gasteiger partial charge in [0, 0.05) is 24.2 Å². The number of hydrogen-bond donors (Lipinski definition) is 4. The minimum absolute atomic E-state index is 0.00361.